The van der Waals surface area contributed by atoms with Crippen molar-refractivity contribution < 1.29 is 9.53 Å². The number of nitrogens with zero attached hydrogens (tertiary/aromatic N) is 3. The number of amides is 1. The quantitative estimate of drug-likeness (QED) is 0.730. The van der Waals surface area contributed by atoms with Crippen molar-refractivity contribution in [3.63, 3.8) is 0 Å². The van der Waals surface area contributed by atoms with Gasteiger partial charge >= 0.3 is 6.09 Å². The Morgan fingerprint density at radius 3 is 2.60 bits per heavy atom. The highest BCUT2D eigenvalue weighted by Gasteiger charge is 2.35. The molecule has 0 saturated heterocycles. The van der Waals surface area contributed by atoms with Gasteiger partial charge in [0, 0.05) is 18.3 Å². The predicted molar refractivity (Wildman–Crippen MR) is 75.2 cm³/mol. The highest BCUT2D eigenvalue weighted by atomic mass is 16.6. The van der Waals surface area contributed by atoms with Crippen LogP contribution in [0.25, 0.3) is 0 Å². The van der Waals surface area contributed by atoms with Crippen molar-refractivity contribution >= 4 is 6.09 Å². The first-order valence-electron chi connectivity index (χ1n) is 6.85. The van der Waals surface area contributed by atoms with Crippen LogP contribution < -0.4 is 0 Å². The highest BCUT2D eigenvalue weighted by Crippen LogP contribution is 2.33. The van der Waals surface area contributed by atoms with E-state index in [0.717, 1.165) is 5.69 Å². The SMILES string of the molecule is CC1c2ccc(C#N)n2C(C)CN1C(=O)OC(C)(C)C. The Hall–Kier alpha value is -1.96. The first kappa shape index (κ1) is 14.4. The van der Waals surface area contributed by atoms with Crippen LogP contribution in [0, 0.1) is 11.3 Å². The summed E-state index contributed by atoms with van der Waals surface area (Å²) in [4.78, 5) is 14.0. The molecule has 0 radical (unpaired) electrons. The minimum absolute atomic E-state index is 0.0679. The van der Waals surface area contributed by atoms with Crippen molar-refractivity contribution in [1.82, 2.24) is 9.47 Å². The van der Waals surface area contributed by atoms with E-state index in [9.17, 15) is 4.79 Å². The maximum Gasteiger partial charge on any atom is 0.410 e. The number of ether oxygens (including phenoxy) is 1. The normalized spacial score (nSPS) is 22.1. The topological polar surface area (TPSA) is 58.3 Å². The molecule has 0 aromatic carbocycles. The van der Waals surface area contributed by atoms with Crippen LogP contribution in [-0.2, 0) is 4.74 Å². The molecule has 1 amide bonds. The van der Waals surface area contributed by atoms with E-state index in [1.54, 1.807) is 11.0 Å². The molecule has 0 bridgehead atoms. The second-order valence-electron chi connectivity index (χ2n) is 6.28. The number of fused-ring (bicyclic) bond motifs is 1. The first-order valence-corrected chi connectivity index (χ1v) is 6.85. The molecule has 1 aliphatic heterocycles. The molecule has 0 fully saturated rings. The summed E-state index contributed by atoms with van der Waals surface area (Å²) >= 11 is 0. The smallest absolute Gasteiger partial charge is 0.410 e. The van der Waals surface area contributed by atoms with Crippen LogP contribution in [0.1, 0.15) is 58.1 Å². The maximum atomic E-state index is 12.3. The Balaban J connectivity index is 2.29. The zero-order valence-electron chi connectivity index (χ0n) is 12.7. The van der Waals surface area contributed by atoms with E-state index >= 15 is 0 Å². The van der Waals surface area contributed by atoms with Crippen molar-refractivity contribution in [1.29, 1.82) is 5.26 Å². The fraction of sp³-hybridized carbons (Fsp3) is 0.600. The molecule has 5 heteroatoms. The summed E-state index contributed by atoms with van der Waals surface area (Å²) in [6, 6.07) is 5.89. The van der Waals surface area contributed by atoms with Gasteiger partial charge in [0.25, 0.3) is 0 Å². The lowest BCUT2D eigenvalue weighted by Gasteiger charge is -2.39. The lowest BCUT2D eigenvalue weighted by molar-refractivity contribution is 0.00951. The van der Waals surface area contributed by atoms with E-state index in [1.165, 1.54) is 0 Å². The molecule has 0 spiro atoms. The number of aromatic nitrogens is 1. The van der Waals surface area contributed by atoms with E-state index in [4.69, 9.17) is 10.00 Å². The number of rotatable bonds is 0. The number of carbonyl (C=O) groups excluding carboxylic acids is 1. The van der Waals surface area contributed by atoms with Gasteiger partial charge in [0.05, 0.1) is 6.04 Å². The van der Waals surface area contributed by atoms with Gasteiger partial charge in [0.2, 0.25) is 0 Å². The third-order valence-corrected chi connectivity index (χ3v) is 3.49. The van der Waals surface area contributed by atoms with Gasteiger partial charge in [-0.3, -0.25) is 4.90 Å². The molecule has 2 unspecified atom stereocenters. The van der Waals surface area contributed by atoms with E-state index < -0.39 is 5.60 Å². The predicted octanol–water partition coefficient (Wildman–Crippen LogP) is 3.23. The summed E-state index contributed by atoms with van der Waals surface area (Å²) in [5, 5.41) is 9.14. The molecular formula is C15H21N3O2. The van der Waals surface area contributed by atoms with E-state index in [-0.39, 0.29) is 18.2 Å². The monoisotopic (exact) mass is 275 g/mol. The number of hydrogen-bond acceptors (Lipinski definition) is 3. The van der Waals surface area contributed by atoms with Gasteiger partial charge in [-0.2, -0.15) is 5.26 Å². The van der Waals surface area contributed by atoms with Gasteiger partial charge in [0.1, 0.15) is 17.4 Å². The largest absolute Gasteiger partial charge is 0.444 e. The Bertz CT molecular complexity index is 563. The number of nitriles is 1. The van der Waals surface area contributed by atoms with Crippen LogP contribution >= 0.6 is 0 Å². The molecule has 1 aliphatic rings. The van der Waals surface area contributed by atoms with Gasteiger partial charge in [-0.15, -0.1) is 0 Å². The van der Waals surface area contributed by atoms with E-state index in [2.05, 4.69) is 6.07 Å². The zero-order chi connectivity index (χ0) is 15.1. The molecule has 2 atom stereocenters. The van der Waals surface area contributed by atoms with E-state index in [0.29, 0.717) is 12.2 Å². The molecule has 0 saturated carbocycles. The first-order chi connectivity index (χ1) is 9.24. The minimum atomic E-state index is -0.503. The Kier molecular flexibility index (Phi) is 3.51. The van der Waals surface area contributed by atoms with Crippen LogP contribution in [0.3, 0.4) is 0 Å². The Morgan fingerprint density at radius 1 is 1.40 bits per heavy atom. The lowest BCUT2D eigenvalue weighted by atomic mass is 10.1. The summed E-state index contributed by atoms with van der Waals surface area (Å²) in [6.07, 6.45) is -0.303. The molecule has 108 valence electrons. The van der Waals surface area contributed by atoms with Gasteiger partial charge < -0.3 is 9.30 Å². The summed E-state index contributed by atoms with van der Waals surface area (Å²) in [5.74, 6) is 0. The van der Waals surface area contributed by atoms with Crippen LogP contribution in [0.2, 0.25) is 0 Å². The highest BCUT2D eigenvalue weighted by molar-refractivity contribution is 5.69. The molecule has 5 nitrogen and oxygen atoms in total. The molecule has 2 heterocycles. The minimum Gasteiger partial charge on any atom is -0.444 e. The molecule has 2 rings (SSSR count). The fourth-order valence-electron chi connectivity index (χ4n) is 2.62. The molecule has 1 aromatic heterocycles. The lowest BCUT2D eigenvalue weighted by Crippen LogP contribution is -2.45. The van der Waals surface area contributed by atoms with Crippen LogP contribution in [-0.4, -0.2) is 27.7 Å². The average Bonchev–Trinajstić information content (AvgIpc) is 2.75. The summed E-state index contributed by atoms with van der Waals surface area (Å²) < 4.78 is 7.46. The van der Waals surface area contributed by atoms with Gasteiger partial charge in [0.15, 0.2) is 0 Å². The van der Waals surface area contributed by atoms with Crippen LogP contribution in [0.15, 0.2) is 12.1 Å². The van der Waals surface area contributed by atoms with Crippen LogP contribution in [0.5, 0.6) is 0 Å². The second-order valence-corrected chi connectivity index (χ2v) is 6.28. The van der Waals surface area contributed by atoms with Crippen molar-refractivity contribution in [2.24, 2.45) is 0 Å². The fourth-order valence-corrected chi connectivity index (χ4v) is 2.62. The summed E-state index contributed by atoms with van der Waals surface area (Å²) in [7, 11) is 0. The Labute approximate surface area is 119 Å². The van der Waals surface area contributed by atoms with E-state index in [1.807, 2.05) is 45.3 Å². The van der Waals surface area contributed by atoms with Crippen molar-refractivity contribution in [3.05, 3.63) is 23.5 Å². The van der Waals surface area contributed by atoms with Crippen LogP contribution in [0.4, 0.5) is 4.79 Å². The maximum absolute atomic E-state index is 12.3. The van der Waals surface area contributed by atoms with Crippen molar-refractivity contribution in [3.8, 4) is 6.07 Å². The molecule has 0 N–H and O–H groups in total. The zero-order valence-corrected chi connectivity index (χ0v) is 12.7. The van der Waals surface area contributed by atoms with Gasteiger partial charge in [-0.1, -0.05) is 0 Å². The van der Waals surface area contributed by atoms with Crippen molar-refractivity contribution in [2.45, 2.75) is 52.3 Å². The number of carbonyl (C=O) groups is 1. The van der Waals surface area contributed by atoms with Gasteiger partial charge in [-0.05, 0) is 46.8 Å². The molecule has 1 aromatic rings. The average molecular weight is 275 g/mol. The molecular weight excluding hydrogens is 254 g/mol. The second kappa shape index (κ2) is 4.86. The standard InChI is InChI=1S/C15H21N3O2/c1-10-9-17(14(19)20-15(3,4)5)11(2)13-7-6-12(8-16)18(10)13/h6-7,10-11H,9H2,1-5H3. The summed E-state index contributed by atoms with van der Waals surface area (Å²) in [6.45, 7) is 10.1. The molecule has 20 heavy (non-hydrogen) atoms. The third kappa shape index (κ3) is 2.51. The Morgan fingerprint density at radius 2 is 2.05 bits per heavy atom. The third-order valence-electron chi connectivity index (χ3n) is 3.49. The number of hydrogen-bond donors (Lipinski definition) is 0. The molecule has 0 aliphatic carbocycles. The van der Waals surface area contributed by atoms with Crippen molar-refractivity contribution in [2.75, 3.05) is 6.54 Å². The van der Waals surface area contributed by atoms with Gasteiger partial charge in [-0.25, -0.2) is 4.79 Å². The summed E-state index contributed by atoms with van der Waals surface area (Å²) in [5.41, 5.74) is 1.12.